The highest BCUT2D eigenvalue weighted by molar-refractivity contribution is 7.85. The van der Waals surface area contributed by atoms with E-state index in [1.165, 1.54) is 36.7 Å². The van der Waals surface area contributed by atoms with E-state index in [0.717, 1.165) is 5.39 Å². The van der Waals surface area contributed by atoms with Crippen molar-refractivity contribution in [3.8, 4) is 5.75 Å². The summed E-state index contributed by atoms with van der Waals surface area (Å²) in [6, 6.07) is 24.2. The van der Waals surface area contributed by atoms with Gasteiger partial charge < -0.3 is 15.4 Å². The molecule has 9 nitrogen and oxygen atoms in total. The van der Waals surface area contributed by atoms with Gasteiger partial charge in [0.15, 0.2) is 0 Å². The monoisotopic (exact) mass is 606 g/mol. The van der Waals surface area contributed by atoms with Crippen LogP contribution in [0.1, 0.15) is 5.56 Å². The Morgan fingerprint density at radius 1 is 0.976 bits per heavy atom. The molecule has 0 saturated carbocycles. The summed E-state index contributed by atoms with van der Waals surface area (Å²) in [6.45, 7) is 3.65. The number of anilines is 3. The summed E-state index contributed by atoms with van der Waals surface area (Å²) in [4.78, 5) is 20.1. The second kappa shape index (κ2) is 13.7. The van der Waals surface area contributed by atoms with Crippen LogP contribution in [0, 0.1) is 5.82 Å². The van der Waals surface area contributed by atoms with Gasteiger partial charge in [-0.15, -0.1) is 0 Å². The van der Waals surface area contributed by atoms with E-state index in [4.69, 9.17) is 20.9 Å². The summed E-state index contributed by atoms with van der Waals surface area (Å²) in [5, 5.41) is 7.05. The fourth-order valence-corrected chi connectivity index (χ4v) is 4.38. The zero-order valence-electron chi connectivity index (χ0n) is 21.9. The van der Waals surface area contributed by atoms with Gasteiger partial charge in [-0.1, -0.05) is 48.5 Å². The fourth-order valence-electron chi connectivity index (χ4n) is 3.64. The van der Waals surface area contributed by atoms with Crippen LogP contribution in [-0.4, -0.2) is 28.8 Å². The number of halogens is 2. The largest absolute Gasteiger partial charge is 0.487 e. The molecule has 0 radical (unpaired) electrons. The van der Waals surface area contributed by atoms with Crippen molar-refractivity contribution in [3.05, 3.63) is 126 Å². The number of ether oxygens (including phenoxy) is 1. The number of rotatable bonds is 8. The average molecular weight is 607 g/mol. The smallest absolute Gasteiger partial charge is 0.294 e. The van der Waals surface area contributed by atoms with Crippen LogP contribution < -0.4 is 15.4 Å². The van der Waals surface area contributed by atoms with Crippen LogP contribution in [0.4, 0.5) is 21.6 Å². The minimum absolute atomic E-state index is 0.0741. The summed E-state index contributed by atoms with van der Waals surface area (Å²) in [5.41, 5.74) is 2.70. The van der Waals surface area contributed by atoms with Crippen molar-refractivity contribution in [2.24, 2.45) is 0 Å². The van der Waals surface area contributed by atoms with E-state index in [-0.39, 0.29) is 23.2 Å². The van der Waals surface area contributed by atoms with E-state index in [9.17, 15) is 17.6 Å². The molecular weight excluding hydrogens is 583 g/mol. The minimum Gasteiger partial charge on any atom is -0.487 e. The zero-order valence-corrected chi connectivity index (χ0v) is 23.4. The first kappa shape index (κ1) is 30.1. The van der Waals surface area contributed by atoms with Gasteiger partial charge in [-0.2, -0.15) is 8.42 Å². The summed E-state index contributed by atoms with van der Waals surface area (Å²) in [6.07, 6.45) is 2.65. The van der Waals surface area contributed by atoms with E-state index in [1.54, 1.807) is 66.7 Å². The minimum atomic E-state index is -4.00. The quantitative estimate of drug-likeness (QED) is 0.130. The first-order chi connectivity index (χ1) is 20.1. The van der Waals surface area contributed by atoms with Crippen LogP contribution >= 0.6 is 11.6 Å². The molecule has 214 valence electrons. The molecule has 12 heteroatoms. The van der Waals surface area contributed by atoms with Crippen molar-refractivity contribution in [1.29, 1.82) is 0 Å². The molecule has 0 saturated heterocycles. The summed E-state index contributed by atoms with van der Waals surface area (Å²) in [5.74, 6) is 0.398. The molecule has 0 aliphatic heterocycles. The number of carbonyl (C=O) groups excluding carboxylic acids is 1. The zero-order chi connectivity index (χ0) is 30.1. The van der Waals surface area contributed by atoms with Crippen molar-refractivity contribution in [2.75, 3.05) is 10.6 Å². The number of amides is 1. The maximum atomic E-state index is 13.3. The van der Waals surface area contributed by atoms with E-state index in [1.807, 2.05) is 0 Å². The standard InChI is InChI=1S/C24H18ClFN4O2.C6H6O3S/c1-2-23(31)29-17-6-8-21-19(11-17)24(28-14-27-21)30-18-7-9-22(20(25)12-18)32-13-15-4-3-5-16(26)10-15;7-10(8,9)6-4-2-1-3-5-6/h2-12,14H,1,13H2,(H,29,31)(H,27,28,30);1-5H,(H,7,8,9). The summed E-state index contributed by atoms with van der Waals surface area (Å²) < 4.78 is 48.3. The molecule has 42 heavy (non-hydrogen) atoms. The van der Waals surface area contributed by atoms with Crippen molar-refractivity contribution in [3.63, 3.8) is 0 Å². The van der Waals surface area contributed by atoms with E-state index in [0.29, 0.717) is 39.0 Å². The van der Waals surface area contributed by atoms with Crippen LogP contribution in [0.5, 0.6) is 5.75 Å². The maximum Gasteiger partial charge on any atom is 0.294 e. The number of benzene rings is 4. The fraction of sp³-hybridized carbons (Fsp3) is 0.0333. The number of hydrogen-bond donors (Lipinski definition) is 3. The summed E-state index contributed by atoms with van der Waals surface area (Å²) in [7, 11) is -4.00. The third-order valence-corrected chi connectivity index (χ3v) is 6.77. The average Bonchev–Trinajstić information content (AvgIpc) is 2.97. The highest BCUT2D eigenvalue weighted by Gasteiger charge is 2.09. The SMILES string of the molecule is C=CC(=O)Nc1ccc2ncnc(Nc3ccc(OCc4cccc(F)c4)c(Cl)c3)c2c1.O=S(=O)(O)c1ccccc1. The number of nitrogens with zero attached hydrogens (tertiary/aromatic N) is 2. The van der Waals surface area contributed by atoms with Crippen LogP contribution in [-0.2, 0) is 21.5 Å². The predicted octanol–water partition coefficient (Wildman–Crippen LogP) is 6.80. The molecule has 0 atom stereocenters. The predicted molar refractivity (Wildman–Crippen MR) is 160 cm³/mol. The molecule has 5 aromatic rings. The van der Waals surface area contributed by atoms with E-state index < -0.39 is 10.1 Å². The van der Waals surface area contributed by atoms with Crippen LogP contribution in [0.3, 0.4) is 0 Å². The van der Waals surface area contributed by atoms with E-state index in [2.05, 4.69) is 27.2 Å². The van der Waals surface area contributed by atoms with Crippen molar-refractivity contribution in [1.82, 2.24) is 9.97 Å². The molecular formula is C30H24ClFN4O5S. The maximum absolute atomic E-state index is 13.3. The Kier molecular flexibility index (Phi) is 9.81. The Bertz CT molecular complexity index is 1840. The first-order valence-electron chi connectivity index (χ1n) is 12.3. The number of aromatic nitrogens is 2. The molecule has 4 aromatic carbocycles. The molecule has 5 rings (SSSR count). The van der Waals surface area contributed by atoms with Gasteiger partial charge >= 0.3 is 0 Å². The number of hydrogen-bond acceptors (Lipinski definition) is 7. The van der Waals surface area contributed by atoms with Crippen LogP contribution in [0.2, 0.25) is 5.02 Å². The van der Waals surface area contributed by atoms with Crippen molar-refractivity contribution < 1.29 is 26.9 Å². The lowest BCUT2D eigenvalue weighted by atomic mass is 10.2. The van der Waals surface area contributed by atoms with Crippen LogP contribution in [0.15, 0.2) is 115 Å². The lowest BCUT2D eigenvalue weighted by Gasteiger charge is -2.12. The lowest BCUT2D eigenvalue weighted by molar-refractivity contribution is -0.111. The van der Waals surface area contributed by atoms with E-state index >= 15 is 0 Å². The molecule has 0 spiro atoms. The molecule has 1 heterocycles. The first-order valence-corrected chi connectivity index (χ1v) is 14.1. The van der Waals surface area contributed by atoms with Gasteiger partial charge in [0.05, 0.1) is 15.4 Å². The van der Waals surface area contributed by atoms with Gasteiger partial charge in [0.1, 0.15) is 30.3 Å². The molecule has 0 aliphatic rings. The highest BCUT2D eigenvalue weighted by Crippen LogP contribution is 2.31. The lowest BCUT2D eigenvalue weighted by Crippen LogP contribution is -2.07. The normalized spacial score (nSPS) is 10.7. The van der Waals surface area contributed by atoms with Crippen LogP contribution in [0.25, 0.3) is 10.9 Å². The second-order valence-electron chi connectivity index (χ2n) is 8.62. The Morgan fingerprint density at radius 3 is 2.40 bits per heavy atom. The molecule has 1 aromatic heterocycles. The third-order valence-electron chi connectivity index (χ3n) is 5.61. The Morgan fingerprint density at radius 2 is 1.74 bits per heavy atom. The van der Waals surface area contributed by atoms with Gasteiger partial charge in [0.2, 0.25) is 5.91 Å². The van der Waals surface area contributed by atoms with Gasteiger partial charge in [-0.25, -0.2) is 14.4 Å². The van der Waals surface area contributed by atoms with Gasteiger partial charge in [-0.05, 0) is 72.3 Å². The molecule has 0 fully saturated rings. The Hall–Kier alpha value is -4.84. The molecule has 0 aliphatic carbocycles. The number of nitrogens with one attached hydrogen (secondary N) is 2. The number of carbonyl (C=O) groups is 1. The highest BCUT2D eigenvalue weighted by atomic mass is 35.5. The molecule has 0 bridgehead atoms. The molecule has 3 N–H and O–H groups in total. The van der Waals surface area contributed by atoms with Crippen molar-refractivity contribution in [2.45, 2.75) is 11.5 Å². The second-order valence-corrected chi connectivity index (χ2v) is 10.5. The Balaban J connectivity index is 0.000000343. The molecule has 1 amide bonds. The molecule has 0 unspecified atom stereocenters. The topological polar surface area (TPSA) is 131 Å². The van der Waals surface area contributed by atoms with Crippen molar-refractivity contribution >= 4 is 55.7 Å². The summed E-state index contributed by atoms with van der Waals surface area (Å²) >= 11 is 6.38. The van der Waals surface area contributed by atoms with Gasteiger partial charge in [0.25, 0.3) is 10.1 Å². The third kappa shape index (κ3) is 8.33. The van der Waals surface area contributed by atoms with Gasteiger partial charge in [-0.3, -0.25) is 9.35 Å². The number of fused-ring (bicyclic) bond motifs is 1. The van der Waals surface area contributed by atoms with Gasteiger partial charge in [0, 0.05) is 16.8 Å². The Labute approximate surface area is 246 Å².